The van der Waals surface area contributed by atoms with Crippen molar-refractivity contribution in [2.75, 3.05) is 13.1 Å². The summed E-state index contributed by atoms with van der Waals surface area (Å²) in [7, 11) is 0. The van der Waals surface area contributed by atoms with Crippen LogP contribution in [0.2, 0.25) is 0 Å². The molecule has 104 valence electrons. The third-order valence-electron chi connectivity index (χ3n) is 2.73. The smallest absolute Gasteiger partial charge is 0.252 e. The Labute approximate surface area is 117 Å². The maximum Gasteiger partial charge on any atom is 0.252 e. The molecule has 0 radical (unpaired) electrons. The van der Waals surface area contributed by atoms with Crippen LogP contribution in [0.4, 0.5) is 4.39 Å². The van der Waals surface area contributed by atoms with Gasteiger partial charge in [0.1, 0.15) is 5.82 Å². The highest BCUT2D eigenvalue weighted by Gasteiger charge is 2.03. The lowest BCUT2D eigenvalue weighted by Gasteiger charge is -2.07. The summed E-state index contributed by atoms with van der Waals surface area (Å²) in [5, 5.41) is 5.92. The van der Waals surface area contributed by atoms with E-state index in [2.05, 4.69) is 15.6 Å². The summed E-state index contributed by atoms with van der Waals surface area (Å²) in [4.78, 5) is 15.6. The first-order valence-corrected chi connectivity index (χ1v) is 6.39. The summed E-state index contributed by atoms with van der Waals surface area (Å²) in [6.07, 6.45) is 3.15. The molecule has 0 saturated carbocycles. The minimum atomic E-state index is -0.241. The summed E-state index contributed by atoms with van der Waals surface area (Å²) >= 11 is 0. The number of amides is 1. The van der Waals surface area contributed by atoms with E-state index in [1.165, 1.54) is 18.3 Å². The molecule has 0 aliphatic rings. The zero-order valence-electron chi connectivity index (χ0n) is 11.0. The minimum Gasteiger partial charge on any atom is -0.351 e. The second-order valence-corrected chi connectivity index (χ2v) is 4.30. The third kappa shape index (κ3) is 4.44. The fourth-order valence-electron chi connectivity index (χ4n) is 1.74. The molecule has 20 heavy (non-hydrogen) atoms. The van der Waals surface area contributed by atoms with E-state index in [0.717, 1.165) is 5.56 Å². The Bertz CT molecular complexity index is 560. The van der Waals surface area contributed by atoms with Gasteiger partial charge in [-0.1, -0.05) is 12.1 Å². The van der Waals surface area contributed by atoms with Gasteiger partial charge in [-0.15, -0.1) is 0 Å². The van der Waals surface area contributed by atoms with E-state index >= 15 is 0 Å². The van der Waals surface area contributed by atoms with Gasteiger partial charge in [0.2, 0.25) is 0 Å². The lowest BCUT2D eigenvalue weighted by atomic mass is 10.2. The maximum atomic E-state index is 12.9. The summed E-state index contributed by atoms with van der Waals surface area (Å²) in [5.74, 6) is -0.389. The molecule has 0 fully saturated rings. The molecule has 0 aliphatic heterocycles. The van der Waals surface area contributed by atoms with Gasteiger partial charge >= 0.3 is 0 Å². The molecule has 1 amide bonds. The van der Waals surface area contributed by atoms with Crippen LogP contribution in [0.25, 0.3) is 0 Å². The Hall–Kier alpha value is -2.27. The number of nitrogens with one attached hydrogen (secondary N) is 2. The van der Waals surface area contributed by atoms with Gasteiger partial charge in [0.25, 0.3) is 5.91 Å². The molecule has 0 aliphatic carbocycles. The molecule has 1 aromatic carbocycles. The van der Waals surface area contributed by atoms with Gasteiger partial charge in [0, 0.05) is 32.0 Å². The molecular weight excluding hydrogens is 257 g/mol. The molecule has 1 aromatic heterocycles. The van der Waals surface area contributed by atoms with E-state index < -0.39 is 0 Å². The number of hydrogen-bond acceptors (Lipinski definition) is 3. The number of halogens is 1. The van der Waals surface area contributed by atoms with Crippen molar-refractivity contribution in [1.82, 2.24) is 15.6 Å². The average Bonchev–Trinajstić information content (AvgIpc) is 2.48. The Morgan fingerprint density at radius 2 is 2.10 bits per heavy atom. The molecule has 0 unspecified atom stereocenters. The second kappa shape index (κ2) is 7.35. The fraction of sp³-hybridized carbons (Fsp3) is 0.200. The molecule has 0 saturated heterocycles. The molecular formula is C15H16FN3O. The standard InChI is InChI=1S/C15H16FN3O/c16-14-5-1-3-12(9-14)10-18-7-8-19-15(20)13-4-2-6-17-11-13/h1-6,9,11,18H,7-8,10H2,(H,19,20). The zero-order valence-corrected chi connectivity index (χ0v) is 11.0. The van der Waals surface area contributed by atoms with Gasteiger partial charge in [-0.25, -0.2) is 4.39 Å². The van der Waals surface area contributed by atoms with E-state index in [-0.39, 0.29) is 11.7 Å². The van der Waals surface area contributed by atoms with Gasteiger partial charge in [0.15, 0.2) is 0 Å². The fourth-order valence-corrected chi connectivity index (χ4v) is 1.74. The van der Waals surface area contributed by atoms with Gasteiger partial charge < -0.3 is 10.6 Å². The first-order valence-electron chi connectivity index (χ1n) is 6.39. The normalized spacial score (nSPS) is 10.2. The molecule has 5 heteroatoms. The topological polar surface area (TPSA) is 54.0 Å². The number of aromatic nitrogens is 1. The highest BCUT2D eigenvalue weighted by Crippen LogP contribution is 2.02. The van der Waals surface area contributed by atoms with Crippen LogP contribution >= 0.6 is 0 Å². The molecule has 0 bridgehead atoms. The molecule has 0 atom stereocenters. The quantitative estimate of drug-likeness (QED) is 0.788. The molecule has 2 rings (SSSR count). The van der Waals surface area contributed by atoms with E-state index in [9.17, 15) is 9.18 Å². The van der Waals surface area contributed by atoms with Crippen molar-refractivity contribution in [3.63, 3.8) is 0 Å². The summed E-state index contributed by atoms with van der Waals surface area (Å²) < 4.78 is 12.9. The number of carbonyl (C=O) groups is 1. The Kier molecular flexibility index (Phi) is 5.20. The van der Waals surface area contributed by atoms with E-state index in [1.807, 2.05) is 6.07 Å². The Morgan fingerprint density at radius 1 is 1.20 bits per heavy atom. The number of pyridine rings is 1. The van der Waals surface area contributed by atoms with Gasteiger partial charge in [-0.3, -0.25) is 9.78 Å². The number of nitrogens with zero attached hydrogens (tertiary/aromatic N) is 1. The van der Waals surface area contributed by atoms with Crippen molar-refractivity contribution < 1.29 is 9.18 Å². The van der Waals surface area contributed by atoms with Crippen molar-refractivity contribution in [1.29, 1.82) is 0 Å². The van der Waals surface area contributed by atoms with Crippen molar-refractivity contribution in [2.24, 2.45) is 0 Å². The molecule has 0 spiro atoms. The van der Waals surface area contributed by atoms with E-state index in [0.29, 0.717) is 25.2 Å². The van der Waals surface area contributed by atoms with Crippen LogP contribution in [0.1, 0.15) is 15.9 Å². The van der Waals surface area contributed by atoms with Crippen LogP contribution in [0.3, 0.4) is 0 Å². The number of rotatable bonds is 6. The van der Waals surface area contributed by atoms with Gasteiger partial charge in [-0.2, -0.15) is 0 Å². The van der Waals surface area contributed by atoms with Crippen LogP contribution in [0, 0.1) is 5.82 Å². The first kappa shape index (κ1) is 14.1. The molecule has 4 nitrogen and oxygen atoms in total. The first-order chi connectivity index (χ1) is 9.75. The van der Waals surface area contributed by atoms with Crippen LogP contribution in [-0.4, -0.2) is 24.0 Å². The largest absolute Gasteiger partial charge is 0.351 e. The number of carbonyl (C=O) groups excluding carboxylic acids is 1. The van der Waals surface area contributed by atoms with Gasteiger partial charge in [-0.05, 0) is 29.8 Å². The van der Waals surface area contributed by atoms with Crippen LogP contribution in [0.15, 0.2) is 48.8 Å². The van der Waals surface area contributed by atoms with Crippen molar-refractivity contribution in [3.8, 4) is 0 Å². The summed E-state index contributed by atoms with van der Waals surface area (Å²) in [6.45, 7) is 1.69. The Balaban J connectivity index is 1.66. The van der Waals surface area contributed by atoms with Crippen LogP contribution in [0.5, 0.6) is 0 Å². The predicted molar refractivity (Wildman–Crippen MR) is 74.7 cm³/mol. The monoisotopic (exact) mass is 273 g/mol. The minimum absolute atomic E-state index is 0.148. The summed E-state index contributed by atoms with van der Waals surface area (Å²) in [6, 6.07) is 9.86. The van der Waals surface area contributed by atoms with Crippen molar-refractivity contribution >= 4 is 5.91 Å². The highest BCUT2D eigenvalue weighted by atomic mass is 19.1. The van der Waals surface area contributed by atoms with Gasteiger partial charge in [0.05, 0.1) is 5.56 Å². The lowest BCUT2D eigenvalue weighted by molar-refractivity contribution is 0.0953. The Morgan fingerprint density at radius 3 is 2.85 bits per heavy atom. The highest BCUT2D eigenvalue weighted by molar-refractivity contribution is 5.93. The third-order valence-corrected chi connectivity index (χ3v) is 2.73. The van der Waals surface area contributed by atoms with Crippen molar-refractivity contribution in [3.05, 3.63) is 65.7 Å². The van der Waals surface area contributed by atoms with E-state index in [1.54, 1.807) is 24.4 Å². The molecule has 2 aromatic rings. The SMILES string of the molecule is O=C(NCCNCc1cccc(F)c1)c1cccnc1. The summed E-state index contributed by atoms with van der Waals surface area (Å²) in [5.41, 5.74) is 1.42. The van der Waals surface area contributed by atoms with Crippen LogP contribution < -0.4 is 10.6 Å². The number of hydrogen-bond donors (Lipinski definition) is 2. The lowest BCUT2D eigenvalue weighted by Crippen LogP contribution is -2.31. The average molecular weight is 273 g/mol. The number of benzene rings is 1. The predicted octanol–water partition coefficient (Wildman–Crippen LogP) is 1.74. The maximum absolute atomic E-state index is 12.9. The molecule has 2 N–H and O–H groups in total. The van der Waals surface area contributed by atoms with Crippen LogP contribution in [-0.2, 0) is 6.54 Å². The van der Waals surface area contributed by atoms with E-state index in [4.69, 9.17) is 0 Å². The zero-order chi connectivity index (χ0) is 14.2. The second-order valence-electron chi connectivity index (χ2n) is 4.30. The molecule has 1 heterocycles. The van der Waals surface area contributed by atoms with Crippen molar-refractivity contribution in [2.45, 2.75) is 6.54 Å².